The number of aliphatic hydroxyl groups excluding tert-OH is 1. The molecule has 0 unspecified atom stereocenters. The summed E-state index contributed by atoms with van der Waals surface area (Å²) in [7, 11) is 2.04. The smallest absolute Gasteiger partial charge is 0.273 e. The van der Waals surface area contributed by atoms with Gasteiger partial charge in [-0.15, -0.1) is 0 Å². The fraction of sp³-hybridized carbons (Fsp3) is 0.810. The van der Waals surface area contributed by atoms with Crippen LogP contribution < -0.4 is 5.32 Å². The predicted octanol–water partition coefficient (Wildman–Crippen LogP) is 1.27. The van der Waals surface area contributed by atoms with E-state index >= 15 is 0 Å². The first kappa shape index (κ1) is 23.8. The zero-order chi connectivity index (χ0) is 21.4. The number of oxazole rings is 1. The molecule has 1 saturated heterocycles. The lowest BCUT2D eigenvalue weighted by atomic mass is 10.1. The molecule has 1 aromatic rings. The predicted molar refractivity (Wildman–Crippen MR) is 114 cm³/mol. The third-order valence-electron chi connectivity index (χ3n) is 5.46. The molecule has 8 nitrogen and oxygen atoms in total. The van der Waals surface area contributed by atoms with Crippen LogP contribution in [0.2, 0.25) is 0 Å². The summed E-state index contributed by atoms with van der Waals surface area (Å²) < 4.78 is 5.50. The molecule has 2 heterocycles. The Kier molecular flexibility index (Phi) is 9.55. The fourth-order valence-electron chi connectivity index (χ4n) is 3.27. The summed E-state index contributed by atoms with van der Waals surface area (Å²) in [6.45, 7) is 14.8. The van der Waals surface area contributed by atoms with Gasteiger partial charge in [0, 0.05) is 51.9 Å². The molecule has 0 bridgehead atoms. The molecule has 8 heteroatoms. The summed E-state index contributed by atoms with van der Waals surface area (Å²) in [6, 6.07) is 0.435. The second-order valence-electron chi connectivity index (χ2n) is 8.83. The maximum Gasteiger partial charge on any atom is 0.273 e. The van der Waals surface area contributed by atoms with Gasteiger partial charge in [0.2, 0.25) is 5.89 Å². The topological polar surface area (TPSA) is 85.1 Å². The maximum absolute atomic E-state index is 12.1. The van der Waals surface area contributed by atoms with Crippen LogP contribution >= 0.6 is 0 Å². The van der Waals surface area contributed by atoms with Crippen molar-refractivity contribution in [1.29, 1.82) is 0 Å². The molecule has 1 aliphatic heterocycles. The summed E-state index contributed by atoms with van der Waals surface area (Å²) in [5, 5.41) is 13.2. The minimum absolute atomic E-state index is 0.175. The molecule has 0 aliphatic carbocycles. The third-order valence-corrected chi connectivity index (χ3v) is 5.46. The Morgan fingerprint density at radius 2 is 1.90 bits per heavy atom. The highest BCUT2D eigenvalue weighted by Crippen LogP contribution is 2.10. The van der Waals surface area contributed by atoms with Crippen LogP contribution in [-0.4, -0.2) is 95.7 Å². The number of piperazine rings is 1. The summed E-state index contributed by atoms with van der Waals surface area (Å²) in [5.74, 6) is 0.955. The first-order chi connectivity index (χ1) is 13.7. The SMILES string of the molecule is CC(C)CCNC(=O)c1coc(CN2CCN(C[C@@H](O)CN(C)C(C)C)CC2)n1. The normalized spacial score (nSPS) is 17.4. The van der Waals surface area contributed by atoms with Crippen molar-refractivity contribution in [2.75, 3.05) is 52.9 Å². The van der Waals surface area contributed by atoms with Gasteiger partial charge in [-0.05, 0) is 33.2 Å². The van der Waals surface area contributed by atoms with Crippen LogP contribution in [0.3, 0.4) is 0 Å². The molecule has 1 amide bonds. The average molecular weight is 410 g/mol. The molecule has 2 rings (SSSR count). The van der Waals surface area contributed by atoms with Gasteiger partial charge in [-0.3, -0.25) is 14.6 Å². The van der Waals surface area contributed by atoms with Crippen molar-refractivity contribution < 1.29 is 14.3 Å². The Balaban J connectivity index is 1.70. The number of aromatic nitrogens is 1. The van der Waals surface area contributed by atoms with E-state index in [9.17, 15) is 9.90 Å². The van der Waals surface area contributed by atoms with Crippen LogP contribution in [0.1, 0.15) is 50.5 Å². The molecule has 1 fully saturated rings. The lowest BCUT2D eigenvalue weighted by molar-refractivity contribution is 0.0469. The van der Waals surface area contributed by atoms with Crippen molar-refractivity contribution in [1.82, 2.24) is 25.0 Å². The highest BCUT2D eigenvalue weighted by Gasteiger charge is 2.22. The molecule has 0 spiro atoms. The van der Waals surface area contributed by atoms with Gasteiger partial charge in [0.1, 0.15) is 6.26 Å². The summed E-state index contributed by atoms with van der Waals surface area (Å²) in [4.78, 5) is 23.2. The number of likely N-dealkylation sites (N-methyl/N-ethyl adjacent to an activating group) is 1. The van der Waals surface area contributed by atoms with Gasteiger partial charge in [0.05, 0.1) is 12.6 Å². The lowest BCUT2D eigenvalue weighted by Crippen LogP contribution is -2.49. The van der Waals surface area contributed by atoms with Crippen molar-refractivity contribution in [3.05, 3.63) is 17.8 Å². The standard InChI is InChI=1S/C21H39N5O3/c1-16(2)6-7-22-21(28)19-15-29-20(23-19)14-26-10-8-25(9-11-26)13-18(27)12-24(5)17(3)4/h15-18,27H,6-14H2,1-5H3,(H,22,28)/t18-/m0/s1. The first-order valence-corrected chi connectivity index (χ1v) is 10.8. The molecular formula is C21H39N5O3. The number of hydrogen-bond acceptors (Lipinski definition) is 7. The molecule has 0 radical (unpaired) electrons. The quantitative estimate of drug-likeness (QED) is 0.569. The van der Waals surface area contributed by atoms with Crippen LogP contribution in [0.5, 0.6) is 0 Å². The third kappa shape index (κ3) is 8.42. The molecule has 1 aliphatic rings. The van der Waals surface area contributed by atoms with Crippen LogP contribution in [-0.2, 0) is 6.54 Å². The summed E-state index contributed by atoms with van der Waals surface area (Å²) in [5.41, 5.74) is 0.347. The zero-order valence-corrected chi connectivity index (χ0v) is 18.7. The van der Waals surface area contributed by atoms with Gasteiger partial charge in [0.25, 0.3) is 5.91 Å². The van der Waals surface area contributed by atoms with E-state index in [1.165, 1.54) is 6.26 Å². The number of hydrogen-bond donors (Lipinski definition) is 2. The van der Waals surface area contributed by atoms with E-state index in [1.54, 1.807) is 0 Å². The van der Waals surface area contributed by atoms with Crippen LogP contribution in [0, 0.1) is 5.92 Å². The largest absolute Gasteiger partial charge is 0.447 e. The van der Waals surface area contributed by atoms with Gasteiger partial charge < -0.3 is 19.7 Å². The van der Waals surface area contributed by atoms with E-state index in [4.69, 9.17) is 4.42 Å². The number of rotatable bonds is 11. The van der Waals surface area contributed by atoms with Gasteiger partial charge in [0.15, 0.2) is 5.69 Å². The van der Waals surface area contributed by atoms with Crippen molar-refractivity contribution in [2.24, 2.45) is 5.92 Å². The first-order valence-electron chi connectivity index (χ1n) is 10.8. The van der Waals surface area contributed by atoms with Gasteiger partial charge in [-0.1, -0.05) is 13.8 Å². The Bertz CT molecular complexity index is 611. The Labute approximate surface area is 175 Å². The highest BCUT2D eigenvalue weighted by atomic mass is 16.3. The molecule has 2 N–H and O–H groups in total. The minimum atomic E-state index is -0.336. The number of nitrogens with one attached hydrogen (secondary N) is 1. The van der Waals surface area contributed by atoms with E-state index in [0.717, 1.165) is 32.6 Å². The van der Waals surface area contributed by atoms with Crippen molar-refractivity contribution in [3.63, 3.8) is 0 Å². The van der Waals surface area contributed by atoms with Gasteiger partial charge in [-0.2, -0.15) is 0 Å². The Hall–Kier alpha value is -1.48. The van der Waals surface area contributed by atoms with Crippen LogP contribution in [0.4, 0.5) is 0 Å². The Morgan fingerprint density at radius 3 is 2.52 bits per heavy atom. The van der Waals surface area contributed by atoms with Gasteiger partial charge >= 0.3 is 0 Å². The lowest BCUT2D eigenvalue weighted by Gasteiger charge is -2.35. The zero-order valence-electron chi connectivity index (χ0n) is 18.7. The number of carbonyl (C=O) groups is 1. The summed E-state index contributed by atoms with van der Waals surface area (Å²) >= 11 is 0. The van der Waals surface area contributed by atoms with E-state index < -0.39 is 0 Å². The molecule has 1 atom stereocenters. The monoisotopic (exact) mass is 409 g/mol. The maximum atomic E-state index is 12.1. The van der Waals surface area contributed by atoms with Crippen LogP contribution in [0.25, 0.3) is 0 Å². The molecule has 0 saturated carbocycles. The molecule has 29 heavy (non-hydrogen) atoms. The van der Waals surface area contributed by atoms with Crippen molar-refractivity contribution in [3.8, 4) is 0 Å². The molecule has 166 valence electrons. The molecule has 0 aromatic carbocycles. The highest BCUT2D eigenvalue weighted by molar-refractivity contribution is 5.91. The van der Waals surface area contributed by atoms with E-state index in [-0.39, 0.29) is 12.0 Å². The minimum Gasteiger partial charge on any atom is -0.447 e. The summed E-state index contributed by atoms with van der Waals surface area (Å²) in [6.07, 6.45) is 2.05. The van der Waals surface area contributed by atoms with E-state index in [1.807, 2.05) is 7.05 Å². The van der Waals surface area contributed by atoms with Crippen molar-refractivity contribution in [2.45, 2.75) is 52.8 Å². The number of aliphatic hydroxyl groups is 1. The number of carbonyl (C=O) groups excluding carboxylic acids is 1. The average Bonchev–Trinajstić information content (AvgIpc) is 3.11. The second-order valence-corrected chi connectivity index (χ2v) is 8.83. The molecule has 1 aromatic heterocycles. The number of amides is 1. The van der Waals surface area contributed by atoms with E-state index in [0.29, 0.717) is 49.7 Å². The number of β-amino-alcohol motifs (C(OH)–C–C–N with tert-alkyl or cyclic N) is 1. The van der Waals surface area contributed by atoms with Crippen molar-refractivity contribution >= 4 is 5.91 Å². The van der Waals surface area contributed by atoms with Crippen LogP contribution in [0.15, 0.2) is 10.7 Å². The van der Waals surface area contributed by atoms with Gasteiger partial charge in [-0.25, -0.2) is 4.98 Å². The van der Waals surface area contributed by atoms with E-state index in [2.05, 4.69) is 52.7 Å². The Morgan fingerprint density at radius 1 is 1.24 bits per heavy atom. The fourth-order valence-corrected chi connectivity index (χ4v) is 3.27. The second kappa shape index (κ2) is 11.6. The number of nitrogens with zero attached hydrogens (tertiary/aromatic N) is 4. The molecular weight excluding hydrogens is 370 g/mol.